The molecule has 0 aliphatic carbocycles. The van der Waals surface area contributed by atoms with E-state index >= 15 is 0 Å². The number of hydrogen-bond acceptors (Lipinski definition) is 8. The first-order valence-electron chi connectivity index (χ1n) is 13.6. The van der Waals surface area contributed by atoms with Crippen LogP contribution in [0.15, 0.2) is 54.6 Å². The van der Waals surface area contributed by atoms with Crippen LogP contribution < -0.4 is 19.1 Å². The molecule has 0 atom stereocenters. The topological polar surface area (TPSA) is 97.3 Å². The van der Waals surface area contributed by atoms with Crippen molar-refractivity contribution in [2.45, 2.75) is 26.8 Å². The molecule has 2 aliphatic heterocycles. The number of fused-ring (bicyclic) bond motifs is 1. The van der Waals surface area contributed by atoms with Crippen molar-refractivity contribution in [1.29, 1.82) is 0 Å². The molecule has 0 radical (unpaired) electrons. The van der Waals surface area contributed by atoms with E-state index < -0.39 is 0 Å². The summed E-state index contributed by atoms with van der Waals surface area (Å²) in [6.45, 7) is 6.95. The number of nitrogens with zero attached hydrogens (tertiary/aromatic N) is 5. The molecule has 2 amide bonds. The van der Waals surface area contributed by atoms with E-state index in [2.05, 4.69) is 15.1 Å². The van der Waals surface area contributed by atoms with Gasteiger partial charge in [-0.1, -0.05) is 32.0 Å². The Bertz CT molecular complexity index is 1340. The van der Waals surface area contributed by atoms with Crippen molar-refractivity contribution in [2.75, 3.05) is 51.5 Å². The molecule has 0 spiro atoms. The van der Waals surface area contributed by atoms with Gasteiger partial charge in [-0.15, -0.1) is 10.2 Å². The second-order valence-corrected chi connectivity index (χ2v) is 10.4. The normalized spacial score (nSPS) is 14.4. The number of carbonyl (C=O) groups is 2. The zero-order valence-electron chi connectivity index (χ0n) is 23.2. The zero-order chi connectivity index (χ0) is 28.1. The highest BCUT2D eigenvalue weighted by Crippen LogP contribution is 2.33. The zero-order valence-corrected chi connectivity index (χ0v) is 23.2. The van der Waals surface area contributed by atoms with Crippen molar-refractivity contribution in [3.05, 3.63) is 60.2 Å². The third-order valence-corrected chi connectivity index (χ3v) is 7.04. The molecule has 10 heteroatoms. The fraction of sp³-hybridized carbons (Fsp3) is 0.400. The third-order valence-electron chi connectivity index (χ3n) is 7.04. The number of rotatable bonds is 9. The molecule has 3 aromatic rings. The summed E-state index contributed by atoms with van der Waals surface area (Å²) in [5, 5.41) is 8.84. The number of methoxy groups -OCH3 is 1. The Morgan fingerprint density at radius 2 is 1.77 bits per heavy atom. The van der Waals surface area contributed by atoms with Crippen molar-refractivity contribution in [3.63, 3.8) is 0 Å². The Morgan fingerprint density at radius 1 is 0.975 bits per heavy atom. The fourth-order valence-electron chi connectivity index (χ4n) is 4.85. The maximum Gasteiger partial charge on any atom is 0.242 e. The summed E-state index contributed by atoms with van der Waals surface area (Å²) in [6.07, 6.45) is 0.385. The minimum absolute atomic E-state index is 0.0361. The van der Waals surface area contributed by atoms with E-state index in [9.17, 15) is 9.59 Å². The number of benzene rings is 2. The number of amides is 2. The van der Waals surface area contributed by atoms with Crippen LogP contribution in [-0.4, -0.2) is 78.4 Å². The monoisotopic (exact) mass is 545 g/mol. The van der Waals surface area contributed by atoms with Gasteiger partial charge in [0.1, 0.15) is 12.3 Å². The van der Waals surface area contributed by atoms with Crippen LogP contribution in [0.4, 0.5) is 5.82 Å². The summed E-state index contributed by atoms with van der Waals surface area (Å²) in [6, 6.07) is 17.2. The molecule has 10 nitrogen and oxygen atoms in total. The predicted octanol–water partition coefficient (Wildman–Crippen LogP) is 3.60. The maximum absolute atomic E-state index is 13.3. The molecule has 2 aliphatic rings. The van der Waals surface area contributed by atoms with Gasteiger partial charge in [0.25, 0.3) is 0 Å². The number of piperazine rings is 1. The van der Waals surface area contributed by atoms with Gasteiger partial charge in [0, 0.05) is 44.7 Å². The van der Waals surface area contributed by atoms with E-state index in [1.165, 1.54) is 0 Å². The SMILES string of the molecule is COc1cccc(-c2ccc(N3CCN(C(=O)CN(Cc4ccc5c(c4)OCO5)C(=O)CC(C)C)CC3)nn2)c1. The van der Waals surface area contributed by atoms with Crippen LogP contribution in [0.2, 0.25) is 0 Å². The molecule has 0 bridgehead atoms. The van der Waals surface area contributed by atoms with Crippen LogP contribution in [0, 0.1) is 5.92 Å². The lowest BCUT2D eigenvalue weighted by Crippen LogP contribution is -2.52. The molecule has 1 fully saturated rings. The minimum Gasteiger partial charge on any atom is -0.497 e. The Balaban J connectivity index is 1.19. The number of hydrogen-bond donors (Lipinski definition) is 0. The van der Waals surface area contributed by atoms with Gasteiger partial charge in [-0.2, -0.15) is 0 Å². The Morgan fingerprint density at radius 3 is 2.50 bits per heavy atom. The number of carbonyl (C=O) groups excluding carboxylic acids is 2. The van der Waals surface area contributed by atoms with Gasteiger partial charge in [0.05, 0.1) is 12.8 Å². The van der Waals surface area contributed by atoms with E-state index in [0.717, 1.165) is 28.4 Å². The molecule has 1 saturated heterocycles. The van der Waals surface area contributed by atoms with Gasteiger partial charge >= 0.3 is 0 Å². The average Bonchev–Trinajstić information content (AvgIpc) is 3.45. The van der Waals surface area contributed by atoms with Crippen LogP contribution in [0.3, 0.4) is 0 Å². The largest absolute Gasteiger partial charge is 0.497 e. The summed E-state index contributed by atoms with van der Waals surface area (Å²) in [4.78, 5) is 32.0. The van der Waals surface area contributed by atoms with Gasteiger partial charge in [-0.25, -0.2) is 0 Å². The van der Waals surface area contributed by atoms with Crippen LogP contribution in [-0.2, 0) is 16.1 Å². The number of aromatic nitrogens is 2. The molecular formula is C30H35N5O5. The quantitative estimate of drug-likeness (QED) is 0.402. The maximum atomic E-state index is 13.3. The summed E-state index contributed by atoms with van der Waals surface area (Å²) in [5.74, 6) is 3.00. The summed E-state index contributed by atoms with van der Waals surface area (Å²) in [5.41, 5.74) is 2.60. The number of ether oxygens (including phenoxy) is 3. The Labute approximate surface area is 234 Å². The van der Waals surface area contributed by atoms with E-state index in [0.29, 0.717) is 50.6 Å². The molecule has 0 unspecified atom stereocenters. The first-order valence-corrected chi connectivity index (χ1v) is 13.6. The highest BCUT2D eigenvalue weighted by molar-refractivity contribution is 5.85. The van der Waals surface area contributed by atoms with Crippen LogP contribution in [0.5, 0.6) is 17.2 Å². The molecular weight excluding hydrogens is 510 g/mol. The van der Waals surface area contributed by atoms with Crippen molar-refractivity contribution in [3.8, 4) is 28.5 Å². The summed E-state index contributed by atoms with van der Waals surface area (Å²) in [7, 11) is 1.64. The van der Waals surface area contributed by atoms with E-state index in [1.807, 2.05) is 73.3 Å². The number of anilines is 1. The second-order valence-electron chi connectivity index (χ2n) is 10.4. The van der Waals surface area contributed by atoms with Gasteiger partial charge in [-0.3, -0.25) is 9.59 Å². The lowest BCUT2D eigenvalue weighted by molar-refractivity contribution is -0.141. The second kappa shape index (κ2) is 12.2. The van der Waals surface area contributed by atoms with E-state index in [4.69, 9.17) is 14.2 Å². The van der Waals surface area contributed by atoms with Crippen molar-refractivity contribution in [2.24, 2.45) is 5.92 Å². The minimum atomic E-state index is -0.0584. The van der Waals surface area contributed by atoms with Gasteiger partial charge < -0.3 is 28.9 Å². The molecule has 0 saturated carbocycles. The predicted molar refractivity (Wildman–Crippen MR) is 150 cm³/mol. The molecule has 40 heavy (non-hydrogen) atoms. The van der Waals surface area contributed by atoms with Crippen LogP contribution >= 0.6 is 0 Å². The van der Waals surface area contributed by atoms with Gasteiger partial charge in [-0.05, 0) is 47.9 Å². The van der Waals surface area contributed by atoms with Crippen LogP contribution in [0.25, 0.3) is 11.3 Å². The lowest BCUT2D eigenvalue weighted by Gasteiger charge is -2.36. The van der Waals surface area contributed by atoms with Crippen LogP contribution in [0.1, 0.15) is 25.8 Å². The first kappa shape index (κ1) is 27.2. The Hall–Kier alpha value is -4.34. The van der Waals surface area contributed by atoms with E-state index in [-0.39, 0.29) is 31.1 Å². The Kier molecular flexibility index (Phi) is 8.33. The van der Waals surface area contributed by atoms with Crippen molar-refractivity contribution in [1.82, 2.24) is 20.0 Å². The third kappa shape index (κ3) is 6.44. The average molecular weight is 546 g/mol. The smallest absolute Gasteiger partial charge is 0.242 e. The van der Waals surface area contributed by atoms with Crippen molar-refractivity contribution < 1.29 is 23.8 Å². The molecule has 1 aromatic heterocycles. The fourth-order valence-corrected chi connectivity index (χ4v) is 4.85. The molecule has 5 rings (SSSR count). The van der Waals surface area contributed by atoms with E-state index in [1.54, 1.807) is 12.0 Å². The molecule has 0 N–H and O–H groups in total. The molecule has 3 heterocycles. The first-order chi connectivity index (χ1) is 19.4. The van der Waals surface area contributed by atoms with Crippen molar-refractivity contribution >= 4 is 17.6 Å². The van der Waals surface area contributed by atoms with Gasteiger partial charge in [0.2, 0.25) is 18.6 Å². The van der Waals surface area contributed by atoms with Gasteiger partial charge in [0.15, 0.2) is 17.3 Å². The standard InChI is InChI=1S/C30H35N5O5/c1-21(2)15-29(36)35(18-22-7-9-26-27(16-22)40-20-39-26)19-30(37)34-13-11-33(12-14-34)28-10-8-25(31-32-28)23-5-4-6-24(17-23)38-3/h4-10,16-17,21H,11-15,18-20H2,1-3H3. The highest BCUT2D eigenvalue weighted by atomic mass is 16.7. The summed E-state index contributed by atoms with van der Waals surface area (Å²) < 4.78 is 16.2. The summed E-state index contributed by atoms with van der Waals surface area (Å²) >= 11 is 0. The molecule has 210 valence electrons. The molecule has 2 aromatic carbocycles. The lowest BCUT2D eigenvalue weighted by atomic mass is 10.1. The highest BCUT2D eigenvalue weighted by Gasteiger charge is 2.26.